The fraction of sp³-hybridized carbons (Fsp3) is 1.00. The van der Waals surface area contributed by atoms with E-state index in [1.807, 2.05) is 0 Å². The number of aliphatic hydroxyl groups excluding tert-OH is 1. The molecule has 112 valence electrons. The topological polar surface area (TPSA) is 26.7 Å². The molecule has 1 saturated heterocycles. The molecule has 0 aromatic rings. The predicted octanol–water partition coefficient (Wildman–Crippen LogP) is 2.49. The van der Waals surface area contributed by atoms with Crippen LogP contribution in [-0.2, 0) is 0 Å². The lowest BCUT2D eigenvalue weighted by atomic mass is 9.92. The van der Waals surface area contributed by atoms with E-state index in [1.54, 1.807) is 0 Å². The molecule has 1 aliphatic heterocycles. The molecular formula is C16H32N2O. The van der Waals surface area contributed by atoms with Crippen LogP contribution in [-0.4, -0.2) is 59.8 Å². The maximum Gasteiger partial charge on any atom is 0.0695 e. The Morgan fingerprint density at radius 3 is 2.47 bits per heavy atom. The number of hydrogen-bond acceptors (Lipinski definition) is 3. The zero-order valence-corrected chi connectivity index (χ0v) is 12.9. The molecule has 2 rings (SSSR count). The molecule has 3 atom stereocenters. The van der Waals surface area contributed by atoms with E-state index in [9.17, 15) is 5.11 Å². The lowest BCUT2D eigenvalue weighted by Gasteiger charge is -2.40. The van der Waals surface area contributed by atoms with Crippen molar-refractivity contribution in [3.05, 3.63) is 0 Å². The van der Waals surface area contributed by atoms with E-state index in [-0.39, 0.29) is 6.10 Å². The Morgan fingerprint density at radius 1 is 1.00 bits per heavy atom. The second-order valence-electron chi connectivity index (χ2n) is 6.54. The van der Waals surface area contributed by atoms with E-state index in [2.05, 4.69) is 23.8 Å². The van der Waals surface area contributed by atoms with Crippen molar-refractivity contribution in [2.75, 3.05) is 26.7 Å². The summed E-state index contributed by atoms with van der Waals surface area (Å²) in [6.07, 6.45) is 9.72. The zero-order chi connectivity index (χ0) is 13.7. The lowest BCUT2D eigenvalue weighted by molar-refractivity contribution is 0.00871. The largest absolute Gasteiger partial charge is 0.391 e. The monoisotopic (exact) mass is 268 g/mol. The van der Waals surface area contributed by atoms with Crippen LogP contribution in [0, 0.1) is 0 Å². The van der Waals surface area contributed by atoms with E-state index < -0.39 is 0 Å². The van der Waals surface area contributed by atoms with Crippen LogP contribution in [0.1, 0.15) is 58.3 Å². The third kappa shape index (κ3) is 4.17. The highest BCUT2D eigenvalue weighted by Crippen LogP contribution is 2.26. The van der Waals surface area contributed by atoms with Gasteiger partial charge in [0.15, 0.2) is 0 Å². The van der Waals surface area contributed by atoms with Crippen LogP contribution >= 0.6 is 0 Å². The summed E-state index contributed by atoms with van der Waals surface area (Å²) >= 11 is 0. The summed E-state index contributed by atoms with van der Waals surface area (Å²) in [6, 6.07) is 1.04. The van der Waals surface area contributed by atoms with Crippen molar-refractivity contribution in [3.63, 3.8) is 0 Å². The number of aliphatic hydroxyl groups is 1. The first kappa shape index (κ1) is 15.3. The zero-order valence-electron chi connectivity index (χ0n) is 12.9. The second-order valence-corrected chi connectivity index (χ2v) is 6.54. The predicted molar refractivity (Wildman–Crippen MR) is 80.4 cm³/mol. The molecule has 0 bridgehead atoms. The van der Waals surface area contributed by atoms with E-state index >= 15 is 0 Å². The second kappa shape index (κ2) is 7.61. The van der Waals surface area contributed by atoms with Crippen molar-refractivity contribution in [3.8, 4) is 0 Å². The molecule has 0 spiro atoms. The first-order chi connectivity index (χ1) is 9.22. The standard InChI is InChI=1S/C16H32N2O/c1-3-14-13-17(2)11-8-12-18(14)15-9-6-4-5-7-10-16(15)19/h14-16,19H,3-13H2,1-2H3. The highest BCUT2D eigenvalue weighted by Gasteiger charge is 2.32. The third-order valence-electron chi connectivity index (χ3n) is 5.04. The molecule has 0 radical (unpaired) electrons. The maximum atomic E-state index is 10.5. The first-order valence-corrected chi connectivity index (χ1v) is 8.34. The normalized spacial score (nSPS) is 36.5. The SMILES string of the molecule is CCC1CN(C)CCCN1C1CCCCCCC1O. The Morgan fingerprint density at radius 2 is 1.74 bits per heavy atom. The molecule has 19 heavy (non-hydrogen) atoms. The Labute approximate surface area is 119 Å². The lowest BCUT2D eigenvalue weighted by Crippen LogP contribution is -2.51. The van der Waals surface area contributed by atoms with Crippen LogP contribution in [0.15, 0.2) is 0 Å². The fourth-order valence-corrected chi connectivity index (χ4v) is 3.89. The van der Waals surface area contributed by atoms with Gasteiger partial charge in [-0.3, -0.25) is 4.90 Å². The van der Waals surface area contributed by atoms with Crippen LogP contribution in [0.2, 0.25) is 0 Å². The van der Waals surface area contributed by atoms with Crippen LogP contribution in [0.25, 0.3) is 0 Å². The quantitative estimate of drug-likeness (QED) is 0.833. The van der Waals surface area contributed by atoms with Gasteiger partial charge in [-0.1, -0.05) is 32.6 Å². The first-order valence-electron chi connectivity index (χ1n) is 8.34. The summed E-state index contributed by atoms with van der Waals surface area (Å²) in [6.45, 7) is 5.84. The van der Waals surface area contributed by atoms with E-state index in [0.29, 0.717) is 12.1 Å². The van der Waals surface area contributed by atoms with Crippen molar-refractivity contribution in [1.82, 2.24) is 9.80 Å². The molecule has 1 saturated carbocycles. The minimum absolute atomic E-state index is 0.0993. The van der Waals surface area contributed by atoms with E-state index in [4.69, 9.17) is 0 Å². The highest BCUT2D eigenvalue weighted by molar-refractivity contribution is 4.88. The number of rotatable bonds is 2. The average molecular weight is 268 g/mol. The molecule has 0 amide bonds. The van der Waals surface area contributed by atoms with Crippen LogP contribution in [0.5, 0.6) is 0 Å². The molecule has 0 aromatic heterocycles. The Kier molecular flexibility index (Phi) is 6.11. The van der Waals surface area contributed by atoms with Gasteiger partial charge in [0.1, 0.15) is 0 Å². The van der Waals surface area contributed by atoms with Crippen molar-refractivity contribution >= 4 is 0 Å². The maximum absolute atomic E-state index is 10.5. The smallest absolute Gasteiger partial charge is 0.0695 e. The summed E-state index contributed by atoms with van der Waals surface area (Å²) in [5.41, 5.74) is 0. The summed E-state index contributed by atoms with van der Waals surface area (Å²) in [5, 5.41) is 10.5. The molecule has 3 nitrogen and oxygen atoms in total. The molecule has 0 aromatic carbocycles. The van der Waals surface area contributed by atoms with Gasteiger partial charge in [-0.25, -0.2) is 0 Å². The Balaban J connectivity index is 2.05. The molecule has 1 aliphatic carbocycles. The minimum atomic E-state index is -0.0993. The van der Waals surface area contributed by atoms with Gasteiger partial charge in [0, 0.05) is 25.2 Å². The highest BCUT2D eigenvalue weighted by atomic mass is 16.3. The van der Waals surface area contributed by atoms with Crippen molar-refractivity contribution in [2.24, 2.45) is 0 Å². The summed E-state index contributed by atoms with van der Waals surface area (Å²) in [5.74, 6) is 0. The number of nitrogens with zero attached hydrogens (tertiary/aromatic N) is 2. The molecule has 2 fully saturated rings. The van der Waals surface area contributed by atoms with E-state index in [0.717, 1.165) is 6.42 Å². The molecule has 2 aliphatic rings. The van der Waals surface area contributed by atoms with Gasteiger partial charge in [0.05, 0.1) is 6.10 Å². The Bertz CT molecular complexity index is 259. The van der Waals surface area contributed by atoms with Crippen LogP contribution < -0.4 is 0 Å². The molecule has 1 heterocycles. The van der Waals surface area contributed by atoms with Crippen LogP contribution in [0.4, 0.5) is 0 Å². The average Bonchev–Trinajstić information content (AvgIpc) is 2.56. The number of likely N-dealkylation sites (N-methyl/N-ethyl adjacent to an activating group) is 1. The molecular weight excluding hydrogens is 236 g/mol. The van der Waals surface area contributed by atoms with Gasteiger partial charge in [0.25, 0.3) is 0 Å². The minimum Gasteiger partial charge on any atom is -0.391 e. The summed E-state index contributed by atoms with van der Waals surface area (Å²) < 4.78 is 0. The molecule has 3 unspecified atom stereocenters. The number of hydrogen-bond donors (Lipinski definition) is 1. The van der Waals surface area contributed by atoms with Gasteiger partial charge in [-0.05, 0) is 39.3 Å². The van der Waals surface area contributed by atoms with Gasteiger partial charge < -0.3 is 10.0 Å². The van der Waals surface area contributed by atoms with Crippen molar-refractivity contribution in [2.45, 2.75) is 76.5 Å². The summed E-state index contributed by atoms with van der Waals surface area (Å²) in [4.78, 5) is 5.11. The van der Waals surface area contributed by atoms with Gasteiger partial charge in [0.2, 0.25) is 0 Å². The Hall–Kier alpha value is -0.120. The summed E-state index contributed by atoms with van der Waals surface area (Å²) in [7, 11) is 2.24. The molecule has 3 heteroatoms. The van der Waals surface area contributed by atoms with Crippen LogP contribution in [0.3, 0.4) is 0 Å². The van der Waals surface area contributed by atoms with Gasteiger partial charge in [-0.15, -0.1) is 0 Å². The van der Waals surface area contributed by atoms with E-state index in [1.165, 1.54) is 64.6 Å². The third-order valence-corrected chi connectivity index (χ3v) is 5.04. The molecule has 1 N–H and O–H groups in total. The van der Waals surface area contributed by atoms with Gasteiger partial charge >= 0.3 is 0 Å². The van der Waals surface area contributed by atoms with Gasteiger partial charge in [-0.2, -0.15) is 0 Å². The fourth-order valence-electron chi connectivity index (χ4n) is 3.89. The van der Waals surface area contributed by atoms with Crippen molar-refractivity contribution in [1.29, 1.82) is 0 Å². The van der Waals surface area contributed by atoms with Crippen molar-refractivity contribution < 1.29 is 5.11 Å².